The number of anilines is 1. The van der Waals surface area contributed by atoms with Crippen LogP contribution in [-0.2, 0) is 26.2 Å². The number of likely N-dealkylation sites (N-methyl/N-ethyl adjacent to an activating group) is 1. The van der Waals surface area contributed by atoms with Crippen LogP contribution in [0.4, 0.5) is 5.69 Å². The van der Waals surface area contributed by atoms with Crippen LogP contribution in [0.5, 0.6) is 0 Å². The molecule has 1 N–H and O–H groups in total. The van der Waals surface area contributed by atoms with E-state index in [9.17, 15) is 18.0 Å². The van der Waals surface area contributed by atoms with Crippen molar-refractivity contribution in [3.63, 3.8) is 0 Å². The number of nitrogens with one attached hydrogen (secondary N) is 1. The van der Waals surface area contributed by atoms with Crippen molar-refractivity contribution in [3.05, 3.63) is 63.6 Å². The van der Waals surface area contributed by atoms with Crippen LogP contribution < -0.4 is 9.62 Å². The van der Waals surface area contributed by atoms with E-state index in [-0.39, 0.29) is 12.5 Å². The van der Waals surface area contributed by atoms with Crippen LogP contribution in [0.25, 0.3) is 0 Å². The van der Waals surface area contributed by atoms with Crippen molar-refractivity contribution in [2.24, 2.45) is 0 Å². The summed E-state index contributed by atoms with van der Waals surface area (Å²) in [6.45, 7) is 3.05. The van der Waals surface area contributed by atoms with Crippen LogP contribution in [0.3, 0.4) is 0 Å². The molecule has 0 saturated carbocycles. The zero-order valence-electron chi connectivity index (χ0n) is 17.7. The van der Waals surface area contributed by atoms with Gasteiger partial charge in [0.15, 0.2) is 0 Å². The summed E-state index contributed by atoms with van der Waals surface area (Å²) < 4.78 is 25.9. The van der Waals surface area contributed by atoms with Crippen molar-refractivity contribution in [1.82, 2.24) is 10.2 Å². The standard InChI is InChI=1S/C21H25Cl2N3O4S/c1-14-5-8-17(9-6-14)26(31(4,29)30)13-20(27)25(15(2)21(28)24-3)12-16-7-10-18(22)19(23)11-16/h5-11,15H,12-13H2,1-4H3,(H,24,28)/t15-/m1/s1. The second-order valence-electron chi connectivity index (χ2n) is 7.17. The van der Waals surface area contributed by atoms with E-state index in [0.717, 1.165) is 16.1 Å². The fourth-order valence-electron chi connectivity index (χ4n) is 2.95. The Bertz CT molecular complexity index is 1060. The third-order valence-corrected chi connectivity index (χ3v) is 6.63. The predicted molar refractivity (Wildman–Crippen MR) is 124 cm³/mol. The zero-order valence-corrected chi connectivity index (χ0v) is 20.1. The van der Waals surface area contributed by atoms with Gasteiger partial charge in [0, 0.05) is 13.6 Å². The first-order valence-electron chi connectivity index (χ1n) is 9.43. The van der Waals surface area contributed by atoms with Gasteiger partial charge >= 0.3 is 0 Å². The van der Waals surface area contributed by atoms with Gasteiger partial charge in [-0.05, 0) is 43.7 Å². The molecule has 0 fully saturated rings. The summed E-state index contributed by atoms with van der Waals surface area (Å²) in [6.07, 6.45) is 1.03. The molecule has 1 atom stereocenters. The van der Waals surface area contributed by atoms with Crippen LogP contribution in [-0.4, -0.2) is 51.0 Å². The number of sulfonamides is 1. The van der Waals surface area contributed by atoms with E-state index in [1.807, 2.05) is 6.92 Å². The Hall–Kier alpha value is -2.29. The summed E-state index contributed by atoms with van der Waals surface area (Å²) in [5.74, 6) is -0.914. The lowest BCUT2D eigenvalue weighted by Gasteiger charge is -2.31. The zero-order chi connectivity index (χ0) is 23.3. The average Bonchev–Trinajstić information content (AvgIpc) is 2.71. The topological polar surface area (TPSA) is 86.8 Å². The lowest BCUT2D eigenvalue weighted by molar-refractivity contribution is -0.139. The van der Waals surface area contributed by atoms with Gasteiger partial charge in [0.05, 0.1) is 22.0 Å². The molecule has 0 spiro atoms. The number of benzene rings is 2. The Morgan fingerprint density at radius 2 is 1.68 bits per heavy atom. The molecule has 0 aliphatic heterocycles. The molecule has 0 heterocycles. The molecule has 0 radical (unpaired) electrons. The molecule has 0 bridgehead atoms. The van der Waals surface area contributed by atoms with E-state index >= 15 is 0 Å². The molecular weight excluding hydrogens is 461 g/mol. The normalized spacial score (nSPS) is 12.2. The fraction of sp³-hybridized carbons (Fsp3) is 0.333. The quantitative estimate of drug-likeness (QED) is 0.621. The summed E-state index contributed by atoms with van der Waals surface area (Å²) in [7, 11) is -2.28. The third-order valence-electron chi connectivity index (χ3n) is 4.75. The summed E-state index contributed by atoms with van der Waals surface area (Å²) in [5, 5.41) is 3.20. The Balaban J connectivity index is 2.38. The maximum absolute atomic E-state index is 13.2. The molecule has 10 heteroatoms. The highest BCUT2D eigenvalue weighted by atomic mass is 35.5. The monoisotopic (exact) mass is 485 g/mol. The maximum Gasteiger partial charge on any atom is 0.244 e. The number of hydrogen-bond acceptors (Lipinski definition) is 4. The van der Waals surface area contributed by atoms with Crippen molar-refractivity contribution in [1.29, 1.82) is 0 Å². The van der Waals surface area contributed by atoms with E-state index in [1.165, 1.54) is 11.9 Å². The molecule has 2 amide bonds. The number of carbonyl (C=O) groups is 2. The van der Waals surface area contributed by atoms with Crippen molar-refractivity contribution in [2.45, 2.75) is 26.4 Å². The van der Waals surface area contributed by atoms with Crippen LogP contribution >= 0.6 is 23.2 Å². The number of aryl methyl sites for hydroxylation is 1. The third kappa shape index (κ3) is 6.59. The van der Waals surface area contributed by atoms with E-state index in [2.05, 4.69) is 5.32 Å². The van der Waals surface area contributed by atoms with Gasteiger partial charge in [-0.2, -0.15) is 0 Å². The molecule has 2 rings (SSSR count). The Morgan fingerprint density at radius 3 is 2.19 bits per heavy atom. The fourth-order valence-corrected chi connectivity index (χ4v) is 4.12. The minimum absolute atomic E-state index is 0.0514. The molecule has 0 saturated heterocycles. The highest BCUT2D eigenvalue weighted by molar-refractivity contribution is 7.92. The summed E-state index contributed by atoms with van der Waals surface area (Å²) in [6, 6.07) is 10.9. The van der Waals surface area contributed by atoms with Gasteiger partial charge in [-0.15, -0.1) is 0 Å². The van der Waals surface area contributed by atoms with Crippen molar-refractivity contribution in [3.8, 4) is 0 Å². The van der Waals surface area contributed by atoms with Crippen LogP contribution in [0.15, 0.2) is 42.5 Å². The van der Waals surface area contributed by atoms with Gasteiger partial charge in [0.2, 0.25) is 21.8 Å². The molecule has 2 aromatic carbocycles. The molecule has 2 aromatic rings. The van der Waals surface area contributed by atoms with E-state index in [4.69, 9.17) is 23.2 Å². The van der Waals surface area contributed by atoms with Gasteiger partial charge < -0.3 is 10.2 Å². The Kier molecular flexibility index (Phi) is 8.34. The summed E-state index contributed by atoms with van der Waals surface area (Å²) in [4.78, 5) is 26.8. The summed E-state index contributed by atoms with van der Waals surface area (Å²) in [5.41, 5.74) is 1.97. The number of nitrogens with zero attached hydrogens (tertiary/aromatic N) is 2. The molecule has 31 heavy (non-hydrogen) atoms. The van der Waals surface area contributed by atoms with Gasteiger partial charge in [-0.1, -0.05) is 47.0 Å². The highest BCUT2D eigenvalue weighted by Crippen LogP contribution is 2.24. The largest absolute Gasteiger partial charge is 0.357 e. The Morgan fingerprint density at radius 1 is 1.06 bits per heavy atom. The number of halogens is 2. The molecule has 168 valence electrons. The lowest BCUT2D eigenvalue weighted by atomic mass is 10.1. The van der Waals surface area contributed by atoms with E-state index < -0.39 is 28.5 Å². The minimum atomic E-state index is -3.75. The molecule has 0 aliphatic rings. The first-order valence-corrected chi connectivity index (χ1v) is 12.0. The smallest absolute Gasteiger partial charge is 0.244 e. The van der Waals surface area contributed by atoms with Crippen LogP contribution in [0, 0.1) is 6.92 Å². The lowest BCUT2D eigenvalue weighted by Crippen LogP contribution is -2.50. The molecule has 7 nitrogen and oxygen atoms in total. The molecule has 0 aromatic heterocycles. The number of carbonyl (C=O) groups excluding carboxylic acids is 2. The second kappa shape index (κ2) is 10.3. The van der Waals surface area contributed by atoms with Crippen molar-refractivity contribution >= 4 is 50.7 Å². The SMILES string of the molecule is CNC(=O)[C@@H](C)N(Cc1ccc(Cl)c(Cl)c1)C(=O)CN(c1ccc(C)cc1)S(C)(=O)=O. The minimum Gasteiger partial charge on any atom is -0.357 e. The van der Waals surface area contributed by atoms with E-state index in [0.29, 0.717) is 21.3 Å². The van der Waals surface area contributed by atoms with Gasteiger partial charge in [0.25, 0.3) is 0 Å². The van der Waals surface area contributed by atoms with E-state index in [1.54, 1.807) is 49.4 Å². The van der Waals surface area contributed by atoms with Gasteiger partial charge in [0.1, 0.15) is 12.6 Å². The predicted octanol–water partition coefficient (Wildman–Crippen LogP) is 3.23. The number of amides is 2. The number of hydrogen-bond donors (Lipinski definition) is 1. The first kappa shape index (κ1) is 25.0. The molecule has 0 aliphatic carbocycles. The summed E-state index contributed by atoms with van der Waals surface area (Å²) >= 11 is 12.0. The average molecular weight is 486 g/mol. The van der Waals surface area contributed by atoms with Gasteiger partial charge in [-0.3, -0.25) is 13.9 Å². The number of rotatable bonds is 8. The van der Waals surface area contributed by atoms with Gasteiger partial charge in [-0.25, -0.2) is 8.42 Å². The second-order valence-corrected chi connectivity index (χ2v) is 9.89. The van der Waals surface area contributed by atoms with Crippen LogP contribution in [0.1, 0.15) is 18.1 Å². The first-order chi connectivity index (χ1) is 14.4. The molecule has 0 unspecified atom stereocenters. The maximum atomic E-state index is 13.2. The van der Waals surface area contributed by atoms with Crippen molar-refractivity contribution < 1.29 is 18.0 Å². The molecular formula is C21H25Cl2N3O4S. The Labute approximate surface area is 193 Å². The van der Waals surface area contributed by atoms with Crippen molar-refractivity contribution in [2.75, 3.05) is 24.2 Å². The highest BCUT2D eigenvalue weighted by Gasteiger charge is 2.29. The van der Waals surface area contributed by atoms with Crippen LogP contribution in [0.2, 0.25) is 10.0 Å².